The smallest absolute Gasteiger partial charge is 0.159 e. The van der Waals surface area contributed by atoms with Gasteiger partial charge in [0.2, 0.25) is 0 Å². The van der Waals surface area contributed by atoms with Crippen molar-refractivity contribution in [1.82, 2.24) is 0 Å². The van der Waals surface area contributed by atoms with Crippen LogP contribution in [0.15, 0.2) is 24.3 Å². The van der Waals surface area contributed by atoms with Gasteiger partial charge < -0.3 is 10.8 Å². The predicted octanol–water partition coefficient (Wildman–Crippen LogP) is 1.27. The Hall–Kier alpha value is -1.19. The number of hydrogen-bond donors (Lipinski definition) is 2. The molecule has 0 saturated heterocycles. The van der Waals surface area contributed by atoms with Gasteiger partial charge in [0.25, 0.3) is 0 Å². The molecule has 1 atom stereocenters. The first-order chi connectivity index (χ1) is 6.65. The Morgan fingerprint density at radius 1 is 1.43 bits per heavy atom. The number of ketones is 1. The van der Waals surface area contributed by atoms with Crippen molar-refractivity contribution in [1.29, 1.82) is 0 Å². The molecule has 1 unspecified atom stereocenters. The fourth-order valence-electron chi connectivity index (χ4n) is 1.27. The SMILES string of the molecule is CC(=O)c1ccc(C(N)CCO)cc1. The maximum absolute atomic E-state index is 11.0. The monoisotopic (exact) mass is 193 g/mol. The maximum Gasteiger partial charge on any atom is 0.159 e. The van der Waals surface area contributed by atoms with Crippen LogP contribution in [0.2, 0.25) is 0 Å². The number of carbonyl (C=O) groups is 1. The number of carbonyl (C=O) groups excluding carboxylic acids is 1. The van der Waals surface area contributed by atoms with Crippen LogP contribution in [-0.4, -0.2) is 17.5 Å². The van der Waals surface area contributed by atoms with E-state index in [2.05, 4.69) is 0 Å². The number of Topliss-reactive ketones (excluding diaryl/α,β-unsaturated/α-hetero) is 1. The van der Waals surface area contributed by atoms with Crippen molar-refractivity contribution in [2.75, 3.05) is 6.61 Å². The molecular formula is C11H15NO2. The third-order valence-corrected chi connectivity index (χ3v) is 2.19. The first-order valence-electron chi connectivity index (χ1n) is 4.62. The zero-order valence-electron chi connectivity index (χ0n) is 8.23. The average molecular weight is 193 g/mol. The molecule has 0 spiro atoms. The molecule has 0 bridgehead atoms. The van der Waals surface area contributed by atoms with Gasteiger partial charge in [-0.3, -0.25) is 4.79 Å². The Morgan fingerprint density at radius 2 is 2.00 bits per heavy atom. The van der Waals surface area contributed by atoms with Crippen molar-refractivity contribution in [3.05, 3.63) is 35.4 Å². The van der Waals surface area contributed by atoms with E-state index in [1.165, 1.54) is 6.92 Å². The van der Waals surface area contributed by atoms with Crippen molar-refractivity contribution < 1.29 is 9.90 Å². The molecule has 0 heterocycles. The number of hydrogen-bond acceptors (Lipinski definition) is 3. The van der Waals surface area contributed by atoms with Gasteiger partial charge in [0, 0.05) is 18.2 Å². The molecule has 76 valence electrons. The van der Waals surface area contributed by atoms with Crippen LogP contribution in [0.1, 0.15) is 35.3 Å². The van der Waals surface area contributed by atoms with Gasteiger partial charge in [0.05, 0.1) is 0 Å². The molecule has 0 radical (unpaired) electrons. The molecule has 0 saturated carbocycles. The summed E-state index contributed by atoms with van der Waals surface area (Å²) in [6.07, 6.45) is 0.541. The van der Waals surface area contributed by atoms with E-state index in [0.29, 0.717) is 12.0 Å². The van der Waals surface area contributed by atoms with E-state index in [9.17, 15) is 4.79 Å². The highest BCUT2D eigenvalue weighted by Crippen LogP contribution is 2.14. The van der Waals surface area contributed by atoms with Crippen LogP contribution in [0.5, 0.6) is 0 Å². The summed E-state index contributed by atoms with van der Waals surface area (Å²) in [6, 6.07) is 7.03. The standard InChI is InChI=1S/C11H15NO2/c1-8(14)9-2-4-10(5-3-9)11(12)6-7-13/h2-5,11,13H,6-7,12H2,1H3. The van der Waals surface area contributed by atoms with Gasteiger partial charge in [-0.05, 0) is 18.9 Å². The Bertz CT molecular complexity index is 306. The van der Waals surface area contributed by atoms with Crippen molar-refractivity contribution >= 4 is 5.78 Å². The summed E-state index contributed by atoms with van der Waals surface area (Å²) >= 11 is 0. The number of aliphatic hydroxyl groups excluding tert-OH is 1. The van der Waals surface area contributed by atoms with Crippen LogP contribution in [0.4, 0.5) is 0 Å². The van der Waals surface area contributed by atoms with Crippen LogP contribution in [0.25, 0.3) is 0 Å². The second-order valence-electron chi connectivity index (χ2n) is 3.30. The van der Waals surface area contributed by atoms with Crippen LogP contribution in [0.3, 0.4) is 0 Å². The summed E-state index contributed by atoms with van der Waals surface area (Å²) in [7, 11) is 0. The lowest BCUT2D eigenvalue weighted by atomic mass is 10.0. The first-order valence-corrected chi connectivity index (χ1v) is 4.62. The quantitative estimate of drug-likeness (QED) is 0.708. The zero-order valence-corrected chi connectivity index (χ0v) is 8.23. The lowest BCUT2D eigenvalue weighted by Crippen LogP contribution is -2.11. The van der Waals surface area contributed by atoms with Crippen LogP contribution in [-0.2, 0) is 0 Å². The molecule has 3 heteroatoms. The minimum Gasteiger partial charge on any atom is -0.396 e. The highest BCUT2D eigenvalue weighted by atomic mass is 16.3. The van der Waals surface area contributed by atoms with Crippen molar-refractivity contribution in [3.63, 3.8) is 0 Å². The fourth-order valence-corrected chi connectivity index (χ4v) is 1.27. The van der Waals surface area contributed by atoms with E-state index in [0.717, 1.165) is 5.56 Å². The second-order valence-corrected chi connectivity index (χ2v) is 3.30. The van der Waals surface area contributed by atoms with E-state index >= 15 is 0 Å². The predicted molar refractivity (Wildman–Crippen MR) is 55.1 cm³/mol. The fraction of sp³-hybridized carbons (Fsp3) is 0.364. The van der Waals surface area contributed by atoms with Crippen LogP contribution < -0.4 is 5.73 Å². The first kappa shape index (κ1) is 10.9. The second kappa shape index (κ2) is 4.88. The normalized spacial score (nSPS) is 12.5. The van der Waals surface area contributed by atoms with Gasteiger partial charge >= 0.3 is 0 Å². The van der Waals surface area contributed by atoms with Gasteiger partial charge in [-0.25, -0.2) is 0 Å². The van der Waals surface area contributed by atoms with E-state index in [1.54, 1.807) is 12.1 Å². The van der Waals surface area contributed by atoms with Gasteiger partial charge in [-0.1, -0.05) is 24.3 Å². The van der Waals surface area contributed by atoms with Crippen molar-refractivity contribution in [2.24, 2.45) is 5.73 Å². The summed E-state index contributed by atoms with van der Waals surface area (Å²) in [4.78, 5) is 11.0. The minimum absolute atomic E-state index is 0.0484. The molecule has 0 aliphatic rings. The lowest BCUT2D eigenvalue weighted by molar-refractivity contribution is 0.101. The number of rotatable bonds is 4. The summed E-state index contributed by atoms with van der Waals surface area (Å²) in [5.41, 5.74) is 7.42. The summed E-state index contributed by atoms with van der Waals surface area (Å²) in [5.74, 6) is 0.0484. The average Bonchev–Trinajstić information content (AvgIpc) is 2.18. The maximum atomic E-state index is 11.0. The van der Waals surface area contributed by atoms with Gasteiger partial charge in [0.1, 0.15) is 0 Å². The Kier molecular flexibility index (Phi) is 3.80. The molecule has 1 rings (SSSR count). The molecule has 14 heavy (non-hydrogen) atoms. The highest BCUT2D eigenvalue weighted by Gasteiger charge is 2.05. The highest BCUT2D eigenvalue weighted by molar-refractivity contribution is 5.94. The van der Waals surface area contributed by atoms with Crippen LogP contribution in [0, 0.1) is 0 Å². The molecule has 0 aliphatic heterocycles. The number of nitrogens with two attached hydrogens (primary N) is 1. The Balaban J connectivity index is 2.77. The Labute approximate surface area is 83.6 Å². The Morgan fingerprint density at radius 3 is 2.43 bits per heavy atom. The topological polar surface area (TPSA) is 63.3 Å². The summed E-state index contributed by atoms with van der Waals surface area (Å²) in [6.45, 7) is 1.61. The van der Waals surface area contributed by atoms with Gasteiger partial charge in [-0.2, -0.15) is 0 Å². The van der Waals surface area contributed by atoms with Crippen molar-refractivity contribution in [2.45, 2.75) is 19.4 Å². The number of aliphatic hydroxyl groups is 1. The van der Waals surface area contributed by atoms with Crippen molar-refractivity contribution in [3.8, 4) is 0 Å². The van der Waals surface area contributed by atoms with E-state index < -0.39 is 0 Å². The third-order valence-electron chi connectivity index (χ3n) is 2.19. The molecule has 0 aromatic heterocycles. The lowest BCUT2D eigenvalue weighted by Gasteiger charge is -2.10. The molecule has 0 aliphatic carbocycles. The summed E-state index contributed by atoms with van der Waals surface area (Å²) in [5, 5.41) is 8.71. The zero-order chi connectivity index (χ0) is 10.6. The largest absolute Gasteiger partial charge is 0.396 e. The van der Waals surface area contributed by atoms with E-state index in [-0.39, 0.29) is 18.4 Å². The number of benzene rings is 1. The van der Waals surface area contributed by atoms with E-state index in [1.807, 2.05) is 12.1 Å². The molecule has 1 aromatic carbocycles. The summed E-state index contributed by atoms with van der Waals surface area (Å²) < 4.78 is 0. The molecular weight excluding hydrogens is 178 g/mol. The molecule has 3 N–H and O–H groups in total. The molecule has 1 aromatic rings. The molecule has 0 amide bonds. The van der Waals surface area contributed by atoms with Crippen LogP contribution >= 0.6 is 0 Å². The molecule has 3 nitrogen and oxygen atoms in total. The molecule has 0 fully saturated rings. The van der Waals surface area contributed by atoms with Gasteiger partial charge in [-0.15, -0.1) is 0 Å². The minimum atomic E-state index is -0.152. The third kappa shape index (κ3) is 2.65. The van der Waals surface area contributed by atoms with Gasteiger partial charge in [0.15, 0.2) is 5.78 Å². The van der Waals surface area contributed by atoms with E-state index in [4.69, 9.17) is 10.8 Å².